The maximum absolute atomic E-state index is 12.0. The molecule has 2 rings (SSSR count). The zero-order valence-electron chi connectivity index (χ0n) is 33.4. The molecule has 0 aromatic carbocycles. The molecule has 1 saturated heterocycles. The minimum atomic E-state index is -0.802. The molecule has 8 heteroatoms. The van der Waals surface area contributed by atoms with Crippen LogP contribution in [0, 0.1) is 0 Å². The summed E-state index contributed by atoms with van der Waals surface area (Å²) >= 11 is 0. The highest BCUT2D eigenvalue weighted by atomic mass is 16.7. The molecule has 0 radical (unpaired) electrons. The predicted octanol–water partition coefficient (Wildman–Crippen LogP) is 11.0. The summed E-state index contributed by atoms with van der Waals surface area (Å²) in [5, 5.41) is 17.5. The molecule has 1 fully saturated rings. The van der Waals surface area contributed by atoms with Crippen molar-refractivity contribution in [1.82, 2.24) is 4.90 Å². The number of hydrogen-bond acceptors (Lipinski definition) is 8. The first-order valence-corrected chi connectivity index (χ1v) is 22.0. The number of hydrogen-bond donors (Lipinski definition) is 2. The highest BCUT2D eigenvalue weighted by Crippen LogP contribution is 2.17. The second-order valence-electron chi connectivity index (χ2n) is 15.1. The lowest BCUT2D eigenvalue weighted by Crippen LogP contribution is -2.34. The summed E-state index contributed by atoms with van der Waals surface area (Å²) < 4.78 is 10.5. The predicted molar refractivity (Wildman–Crippen MR) is 212 cm³/mol. The quantitative estimate of drug-likeness (QED) is 0.0404. The summed E-state index contributed by atoms with van der Waals surface area (Å²) in [7, 11) is 0. The third-order valence-electron chi connectivity index (χ3n) is 10.2. The first-order valence-electron chi connectivity index (χ1n) is 22.0. The topological polar surface area (TPSA) is 109 Å². The Kier molecular flexibility index (Phi) is 34.1. The number of carbonyl (C=O) groups is 2. The van der Waals surface area contributed by atoms with E-state index in [0.717, 1.165) is 70.8 Å². The van der Waals surface area contributed by atoms with Crippen molar-refractivity contribution in [1.29, 1.82) is 0 Å². The van der Waals surface area contributed by atoms with Crippen molar-refractivity contribution >= 4 is 17.8 Å². The van der Waals surface area contributed by atoms with Crippen LogP contribution < -0.4 is 0 Å². The Morgan fingerprint density at radius 3 is 1.27 bits per heavy atom. The van der Waals surface area contributed by atoms with Crippen molar-refractivity contribution in [2.45, 2.75) is 225 Å². The Morgan fingerprint density at radius 1 is 0.529 bits per heavy atom. The Labute approximate surface area is 314 Å². The highest BCUT2D eigenvalue weighted by Gasteiger charge is 2.17. The highest BCUT2D eigenvalue weighted by molar-refractivity contribution is 5.83. The van der Waals surface area contributed by atoms with E-state index in [9.17, 15) is 9.59 Å². The molecule has 0 unspecified atom stereocenters. The minimum absolute atomic E-state index is 0.277. The number of aliphatic hydroxyl groups is 2. The number of unbranched alkanes of at least 4 members (excludes halogenated alkanes) is 24. The van der Waals surface area contributed by atoms with Gasteiger partial charge in [-0.1, -0.05) is 148 Å². The lowest BCUT2D eigenvalue weighted by molar-refractivity contribution is -0.184. The van der Waals surface area contributed by atoms with Gasteiger partial charge in [0.1, 0.15) is 0 Å². The van der Waals surface area contributed by atoms with E-state index in [0.29, 0.717) is 26.1 Å². The zero-order chi connectivity index (χ0) is 36.9. The molecule has 0 amide bonds. The van der Waals surface area contributed by atoms with E-state index in [1.165, 1.54) is 154 Å². The number of ether oxygens (including phenoxy) is 2. The van der Waals surface area contributed by atoms with Crippen LogP contribution in [-0.2, 0) is 19.1 Å². The molecule has 300 valence electrons. The van der Waals surface area contributed by atoms with Gasteiger partial charge >= 0.3 is 11.9 Å². The Balaban J connectivity index is 0.000000981. The lowest BCUT2D eigenvalue weighted by atomic mass is 10.0. The standard InChI is InChI=1S/C34H66O6.C9H16N2/c1-32(39-33(37)28-24-20-16-12-8-4-2-6-10-14-18-22-26-30-35)40-34(38)29-25-21-17-13-9-5-3-7-11-15-19-23-27-31-36;1-2-5-9-10-6-4-8-11(9)7-3-1/h32,35-36H,2-31H2,1H3;1-8H2. The van der Waals surface area contributed by atoms with Crippen LogP contribution in [0.5, 0.6) is 0 Å². The van der Waals surface area contributed by atoms with Crippen LogP contribution in [-0.4, -0.2) is 72.0 Å². The largest absolute Gasteiger partial charge is 0.425 e. The summed E-state index contributed by atoms with van der Waals surface area (Å²) in [4.78, 5) is 31.1. The number of nitrogens with zero attached hydrogens (tertiary/aromatic N) is 2. The Hall–Kier alpha value is -1.67. The number of fused-ring (bicyclic) bond motifs is 1. The summed E-state index contributed by atoms with van der Waals surface area (Å²) in [6.45, 7) is 5.88. The number of carbonyl (C=O) groups excluding carboxylic acids is 2. The maximum atomic E-state index is 12.0. The molecule has 0 atom stereocenters. The normalized spacial score (nSPS) is 14.4. The maximum Gasteiger partial charge on any atom is 0.308 e. The fourth-order valence-corrected chi connectivity index (χ4v) is 7.10. The number of esters is 2. The van der Waals surface area contributed by atoms with E-state index in [1.807, 2.05) is 0 Å². The van der Waals surface area contributed by atoms with Crippen LogP contribution in [0.2, 0.25) is 0 Å². The van der Waals surface area contributed by atoms with Gasteiger partial charge in [0, 0.05) is 59.0 Å². The molecule has 2 aliphatic rings. The van der Waals surface area contributed by atoms with Gasteiger partial charge in [-0.05, 0) is 44.9 Å². The van der Waals surface area contributed by atoms with Gasteiger partial charge < -0.3 is 24.6 Å². The van der Waals surface area contributed by atoms with Crippen LogP contribution in [0.1, 0.15) is 219 Å². The molecular formula is C43H82N2O6. The minimum Gasteiger partial charge on any atom is -0.425 e. The van der Waals surface area contributed by atoms with Crippen molar-refractivity contribution in [3.8, 4) is 0 Å². The Bertz CT molecular complexity index is 776. The first kappa shape index (κ1) is 47.4. The molecule has 0 aliphatic carbocycles. The van der Waals surface area contributed by atoms with Crippen LogP contribution in [0.3, 0.4) is 0 Å². The molecule has 51 heavy (non-hydrogen) atoms. The zero-order valence-corrected chi connectivity index (χ0v) is 33.4. The van der Waals surface area contributed by atoms with Crippen molar-refractivity contribution in [3.05, 3.63) is 0 Å². The molecule has 2 aliphatic heterocycles. The van der Waals surface area contributed by atoms with Crippen molar-refractivity contribution < 1.29 is 29.3 Å². The fraction of sp³-hybridized carbons (Fsp3) is 0.930. The van der Waals surface area contributed by atoms with Gasteiger partial charge in [0.05, 0.1) is 5.84 Å². The van der Waals surface area contributed by atoms with E-state index in [1.54, 1.807) is 6.92 Å². The summed E-state index contributed by atoms with van der Waals surface area (Å²) in [5.74, 6) is 0.843. The summed E-state index contributed by atoms with van der Waals surface area (Å²) in [6.07, 6.45) is 37.5. The molecular weight excluding hydrogens is 640 g/mol. The van der Waals surface area contributed by atoms with Gasteiger partial charge in [0.15, 0.2) is 0 Å². The molecule has 0 saturated carbocycles. The van der Waals surface area contributed by atoms with Crippen molar-refractivity contribution in [2.75, 3.05) is 32.8 Å². The molecule has 0 spiro atoms. The van der Waals surface area contributed by atoms with E-state index in [4.69, 9.17) is 19.7 Å². The number of aliphatic imine (C=N–C) groups is 1. The van der Waals surface area contributed by atoms with E-state index in [2.05, 4.69) is 9.89 Å². The molecule has 0 aromatic rings. The average Bonchev–Trinajstić information content (AvgIpc) is 3.38. The molecule has 0 bridgehead atoms. The smallest absolute Gasteiger partial charge is 0.308 e. The van der Waals surface area contributed by atoms with E-state index >= 15 is 0 Å². The summed E-state index contributed by atoms with van der Waals surface area (Å²) in [6, 6.07) is 0. The van der Waals surface area contributed by atoms with Gasteiger partial charge in [-0.3, -0.25) is 14.6 Å². The number of aliphatic hydroxyl groups excluding tert-OH is 2. The second kappa shape index (κ2) is 36.7. The third kappa shape index (κ3) is 31.6. The van der Waals surface area contributed by atoms with Crippen molar-refractivity contribution in [3.63, 3.8) is 0 Å². The number of rotatable bonds is 32. The fourth-order valence-electron chi connectivity index (χ4n) is 7.10. The number of amidine groups is 1. The summed E-state index contributed by atoms with van der Waals surface area (Å²) in [5.41, 5.74) is 0. The van der Waals surface area contributed by atoms with Crippen LogP contribution in [0.15, 0.2) is 4.99 Å². The molecule has 2 heterocycles. The van der Waals surface area contributed by atoms with Crippen LogP contribution in [0.25, 0.3) is 0 Å². The first-order chi connectivity index (χ1) is 25.1. The van der Waals surface area contributed by atoms with Gasteiger partial charge in [-0.15, -0.1) is 0 Å². The van der Waals surface area contributed by atoms with Crippen LogP contribution in [0.4, 0.5) is 0 Å². The molecule has 0 aromatic heterocycles. The monoisotopic (exact) mass is 723 g/mol. The lowest BCUT2D eigenvalue weighted by Gasteiger charge is -2.27. The van der Waals surface area contributed by atoms with Gasteiger partial charge in [-0.25, -0.2) is 0 Å². The second-order valence-corrected chi connectivity index (χ2v) is 15.1. The van der Waals surface area contributed by atoms with E-state index in [-0.39, 0.29) is 11.9 Å². The molecule has 8 nitrogen and oxygen atoms in total. The Morgan fingerprint density at radius 2 is 0.882 bits per heavy atom. The molecule has 2 N–H and O–H groups in total. The van der Waals surface area contributed by atoms with Gasteiger partial charge in [-0.2, -0.15) is 0 Å². The van der Waals surface area contributed by atoms with Crippen LogP contribution >= 0.6 is 0 Å². The van der Waals surface area contributed by atoms with Crippen molar-refractivity contribution in [2.24, 2.45) is 4.99 Å². The third-order valence-corrected chi connectivity index (χ3v) is 10.2. The van der Waals surface area contributed by atoms with Gasteiger partial charge in [0.25, 0.3) is 0 Å². The van der Waals surface area contributed by atoms with Gasteiger partial charge in [0.2, 0.25) is 6.29 Å². The van der Waals surface area contributed by atoms with E-state index < -0.39 is 6.29 Å². The SMILES string of the molecule is C1CCC2=NCCCN2CC1.CC(OC(=O)CCCCCCCCCCCCCCCO)OC(=O)CCCCCCCCCCCCCCCO. The average molecular weight is 723 g/mol.